The first-order valence-corrected chi connectivity index (χ1v) is 8.53. The second-order valence-electron chi connectivity index (χ2n) is 5.83. The van der Waals surface area contributed by atoms with Gasteiger partial charge in [0.1, 0.15) is 0 Å². The molecular formula is C20H25N3O2. The first kappa shape index (κ1) is 18.5. The van der Waals surface area contributed by atoms with Crippen molar-refractivity contribution in [1.29, 1.82) is 0 Å². The highest BCUT2D eigenvalue weighted by molar-refractivity contribution is 5.96. The molecule has 25 heavy (non-hydrogen) atoms. The van der Waals surface area contributed by atoms with Crippen LogP contribution < -0.4 is 15.5 Å². The number of nitrogens with zero attached hydrogens (tertiary/aromatic N) is 1. The van der Waals surface area contributed by atoms with Gasteiger partial charge in [0.05, 0.1) is 6.54 Å². The first-order valence-electron chi connectivity index (χ1n) is 8.53. The summed E-state index contributed by atoms with van der Waals surface area (Å²) in [5, 5.41) is 5.75. The van der Waals surface area contributed by atoms with Crippen LogP contribution in [0.4, 0.5) is 17.1 Å². The quantitative estimate of drug-likeness (QED) is 0.806. The lowest BCUT2D eigenvalue weighted by molar-refractivity contribution is -0.116. The normalized spacial score (nSPS) is 10.2. The van der Waals surface area contributed by atoms with E-state index in [1.165, 1.54) is 0 Å². The minimum absolute atomic E-state index is 0.0483. The molecule has 0 fully saturated rings. The predicted molar refractivity (Wildman–Crippen MR) is 103 cm³/mol. The van der Waals surface area contributed by atoms with Gasteiger partial charge in [-0.15, -0.1) is 0 Å². The highest BCUT2D eigenvalue weighted by Crippen LogP contribution is 2.21. The van der Waals surface area contributed by atoms with Crippen molar-refractivity contribution < 1.29 is 9.59 Å². The maximum absolute atomic E-state index is 12.4. The highest BCUT2D eigenvalue weighted by atomic mass is 16.2. The number of carbonyl (C=O) groups excluding carboxylic acids is 2. The topological polar surface area (TPSA) is 61.4 Å². The maximum atomic E-state index is 12.4. The van der Waals surface area contributed by atoms with Crippen LogP contribution in [0.1, 0.15) is 25.8 Å². The number of likely N-dealkylation sites (N-methyl/N-ethyl adjacent to an activating group) is 1. The van der Waals surface area contributed by atoms with Gasteiger partial charge in [-0.3, -0.25) is 9.59 Å². The highest BCUT2D eigenvalue weighted by Gasteiger charge is 2.11. The zero-order valence-electron chi connectivity index (χ0n) is 15.0. The molecule has 5 nitrogen and oxygen atoms in total. The second kappa shape index (κ2) is 8.87. The van der Waals surface area contributed by atoms with E-state index in [1.54, 1.807) is 13.0 Å². The van der Waals surface area contributed by atoms with Gasteiger partial charge in [0.2, 0.25) is 11.8 Å². The summed E-state index contributed by atoms with van der Waals surface area (Å²) in [6, 6.07) is 15.4. The van der Waals surface area contributed by atoms with Gasteiger partial charge in [-0.25, -0.2) is 0 Å². The smallest absolute Gasteiger partial charge is 0.243 e. The molecular weight excluding hydrogens is 314 g/mol. The summed E-state index contributed by atoms with van der Waals surface area (Å²) in [4.78, 5) is 26.0. The number of carbonyl (C=O) groups is 2. The Hall–Kier alpha value is -2.82. The molecule has 2 rings (SSSR count). The number of rotatable bonds is 7. The Morgan fingerprint density at radius 3 is 2.32 bits per heavy atom. The third-order valence-corrected chi connectivity index (χ3v) is 3.95. The lowest BCUT2D eigenvalue weighted by Crippen LogP contribution is -2.33. The standard InChI is InChI=1S/C20H25N3O2/c1-4-19(24)22-18-13-16(12-11-15(18)3)21-20(25)14-23(5-2)17-9-7-6-8-10-17/h6-13H,4-5,14H2,1-3H3,(H,21,25)(H,22,24). The van der Waals surface area contributed by atoms with Crippen LogP contribution in [0, 0.1) is 6.92 Å². The second-order valence-corrected chi connectivity index (χ2v) is 5.83. The van der Waals surface area contributed by atoms with Gasteiger partial charge in [0.25, 0.3) is 0 Å². The number of hydrogen-bond donors (Lipinski definition) is 2. The van der Waals surface area contributed by atoms with Crippen LogP contribution in [0.25, 0.3) is 0 Å². The first-order chi connectivity index (χ1) is 12.0. The summed E-state index contributed by atoms with van der Waals surface area (Å²) >= 11 is 0. The molecule has 132 valence electrons. The average molecular weight is 339 g/mol. The van der Waals surface area contributed by atoms with E-state index in [9.17, 15) is 9.59 Å². The summed E-state index contributed by atoms with van der Waals surface area (Å²) in [5.41, 5.74) is 3.37. The molecule has 0 aromatic heterocycles. The average Bonchev–Trinajstić information content (AvgIpc) is 2.63. The van der Waals surface area contributed by atoms with E-state index in [1.807, 2.05) is 61.2 Å². The van der Waals surface area contributed by atoms with Gasteiger partial charge in [-0.05, 0) is 43.7 Å². The van der Waals surface area contributed by atoms with E-state index in [2.05, 4.69) is 10.6 Å². The minimum Gasteiger partial charge on any atom is -0.362 e. The van der Waals surface area contributed by atoms with Gasteiger partial charge in [0.15, 0.2) is 0 Å². The molecule has 0 saturated heterocycles. The summed E-state index contributed by atoms with van der Waals surface area (Å²) in [6.45, 7) is 6.75. The molecule has 0 heterocycles. The lowest BCUT2D eigenvalue weighted by atomic mass is 10.1. The molecule has 0 radical (unpaired) electrons. The van der Waals surface area contributed by atoms with Crippen LogP contribution in [0.2, 0.25) is 0 Å². The van der Waals surface area contributed by atoms with Crippen LogP contribution in [-0.2, 0) is 9.59 Å². The number of anilines is 3. The number of aryl methyl sites for hydroxylation is 1. The van der Waals surface area contributed by atoms with E-state index in [0.29, 0.717) is 12.1 Å². The summed E-state index contributed by atoms with van der Waals surface area (Å²) in [6.07, 6.45) is 0.415. The minimum atomic E-state index is -0.0951. The maximum Gasteiger partial charge on any atom is 0.243 e. The molecule has 2 N–H and O–H groups in total. The zero-order chi connectivity index (χ0) is 18.2. The number of benzene rings is 2. The molecule has 0 spiro atoms. The van der Waals surface area contributed by atoms with Crippen molar-refractivity contribution in [2.24, 2.45) is 0 Å². The third-order valence-electron chi connectivity index (χ3n) is 3.95. The van der Waals surface area contributed by atoms with E-state index in [4.69, 9.17) is 0 Å². The molecule has 2 aromatic rings. The predicted octanol–water partition coefficient (Wildman–Crippen LogP) is 3.81. The Balaban J connectivity index is 2.04. The lowest BCUT2D eigenvalue weighted by Gasteiger charge is -2.22. The van der Waals surface area contributed by atoms with E-state index in [-0.39, 0.29) is 18.4 Å². The monoisotopic (exact) mass is 339 g/mol. The molecule has 0 aliphatic carbocycles. The van der Waals surface area contributed by atoms with Crippen LogP contribution >= 0.6 is 0 Å². The number of amides is 2. The van der Waals surface area contributed by atoms with Crippen molar-refractivity contribution >= 4 is 28.9 Å². The fourth-order valence-electron chi connectivity index (χ4n) is 2.47. The van der Waals surface area contributed by atoms with E-state index < -0.39 is 0 Å². The third kappa shape index (κ3) is 5.35. The molecule has 0 aliphatic rings. The Labute approximate surface area is 149 Å². The van der Waals surface area contributed by atoms with Crippen LogP contribution in [0.5, 0.6) is 0 Å². The SMILES string of the molecule is CCC(=O)Nc1cc(NC(=O)CN(CC)c2ccccc2)ccc1C. The van der Waals surface area contributed by atoms with Crippen molar-refractivity contribution in [1.82, 2.24) is 0 Å². The molecule has 0 saturated carbocycles. The molecule has 0 unspecified atom stereocenters. The largest absolute Gasteiger partial charge is 0.362 e. The van der Waals surface area contributed by atoms with Gasteiger partial charge in [0, 0.05) is 30.0 Å². The molecule has 0 atom stereocenters. The van der Waals surface area contributed by atoms with Crippen LogP contribution in [0.15, 0.2) is 48.5 Å². The van der Waals surface area contributed by atoms with Crippen molar-refractivity contribution in [3.05, 3.63) is 54.1 Å². The molecule has 0 bridgehead atoms. The molecule has 0 aliphatic heterocycles. The number of nitrogens with one attached hydrogen (secondary N) is 2. The van der Waals surface area contributed by atoms with Crippen LogP contribution in [0.3, 0.4) is 0 Å². The summed E-state index contributed by atoms with van der Waals surface area (Å²) in [5.74, 6) is -0.143. The Morgan fingerprint density at radius 2 is 1.68 bits per heavy atom. The van der Waals surface area contributed by atoms with Gasteiger partial charge in [-0.1, -0.05) is 31.2 Å². The van der Waals surface area contributed by atoms with Crippen molar-refractivity contribution in [2.75, 3.05) is 28.6 Å². The fraction of sp³-hybridized carbons (Fsp3) is 0.300. The Morgan fingerprint density at radius 1 is 0.960 bits per heavy atom. The van der Waals surface area contributed by atoms with Crippen LogP contribution in [-0.4, -0.2) is 24.9 Å². The number of para-hydroxylation sites is 1. The zero-order valence-corrected chi connectivity index (χ0v) is 15.0. The number of hydrogen-bond acceptors (Lipinski definition) is 3. The molecule has 2 aromatic carbocycles. The van der Waals surface area contributed by atoms with Gasteiger partial charge >= 0.3 is 0 Å². The molecule has 2 amide bonds. The van der Waals surface area contributed by atoms with Crippen molar-refractivity contribution in [3.63, 3.8) is 0 Å². The van der Waals surface area contributed by atoms with Gasteiger partial charge < -0.3 is 15.5 Å². The van der Waals surface area contributed by atoms with E-state index in [0.717, 1.165) is 23.5 Å². The summed E-state index contributed by atoms with van der Waals surface area (Å²) < 4.78 is 0. The Bertz CT molecular complexity index is 729. The van der Waals surface area contributed by atoms with Gasteiger partial charge in [-0.2, -0.15) is 0 Å². The molecule has 5 heteroatoms. The van der Waals surface area contributed by atoms with Crippen molar-refractivity contribution in [3.8, 4) is 0 Å². The van der Waals surface area contributed by atoms with E-state index >= 15 is 0 Å². The Kier molecular flexibility index (Phi) is 6.57. The fourth-order valence-corrected chi connectivity index (χ4v) is 2.47. The van der Waals surface area contributed by atoms with Crippen molar-refractivity contribution in [2.45, 2.75) is 27.2 Å². The summed E-state index contributed by atoms with van der Waals surface area (Å²) in [7, 11) is 0.